The van der Waals surface area contributed by atoms with Gasteiger partial charge in [0.05, 0.1) is 6.61 Å². The van der Waals surface area contributed by atoms with Gasteiger partial charge in [-0.2, -0.15) is 0 Å². The number of fused-ring (bicyclic) bond motifs is 3. The third-order valence-electron chi connectivity index (χ3n) is 4.40. The maximum Gasteiger partial charge on any atom is 0.251 e. The number of rotatable bonds is 3. The van der Waals surface area contributed by atoms with E-state index in [2.05, 4.69) is 37.2 Å². The van der Waals surface area contributed by atoms with E-state index in [9.17, 15) is 4.79 Å². The smallest absolute Gasteiger partial charge is 0.251 e. The zero-order valence-corrected chi connectivity index (χ0v) is 13.1. The Labute approximate surface area is 126 Å². The van der Waals surface area contributed by atoms with Gasteiger partial charge in [-0.15, -0.1) is 0 Å². The standard InChI is InChI=1S/C17H24N2O2/c1-11(2)10-21-13-4-5-14-15(6-13)17(20)18-7-12-8-19(3)9-16(12)14/h4-6,11-12,16H,7-10H2,1-3H3,(H,18,20)/t12-,16-/m1/s1. The van der Waals surface area contributed by atoms with Crippen molar-refractivity contribution in [3.8, 4) is 5.75 Å². The highest BCUT2D eigenvalue weighted by Crippen LogP contribution is 2.36. The number of carbonyl (C=O) groups excluding carboxylic acids is 1. The molecule has 3 rings (SSSR count). The Balaban J connectivity index is 1.90. The van der Waals surface area contributed by atoms with Gasteiger partial charge >= 0.3 is 0 Å². The first-order valence-corrected chi connectivity index (χ1v) is 7.78. The molecule has 21 heavy (non-hydrogen) atoms. The molecule has 0 spiro atoms. The van der Waals surface area contributed by atoms with Crippen LogP contribution in [0.15, 0.2) is 18.2 Å². The number of hydrogen-bond donors (Lipinski definition) is 1. The second-order valence-electron chi connectivity index (χ2n) is 6.75. The van der Waals surface area contributed by atoms with Crippen LogP contribution in [0.4, 0.5) is 0 Å². The Hall–Kier alpha value is -1.55. The number of nitrogens with zero attached hydrogens (tertiary/aromatic N) is 1. The first-order chi connectivity index (χ1) is 10.0. The predicted octanol–water partition coefficient (Wildman–Crippen LogP) is 2.11. The molecule has 2 aliphatic rings. The van der Waals surface area contributed by atoms with Crippen molar-refractivity contribution in [3.63, 3.8) is 0 Å². The lowest BCUT2D eigenvalue weighted by atomic mass is 9.87. The Kier molecular flexibility index (Phi) is 3.89. The lowest BCUT2D eigenvalue weighted by Gasteiger charge is -2.17. The minimum atomic E-state index is 0.0389. The molecule has 114 valence electrons. The van der Waals surface area contributed by atoms with Gasteiger partial charge in [-0.1, -0.05) is 19.9 Å². The van der Waals surface area contributed by atoms with E-state index < -0.39 is 0 Å². The number of amides is 1. The zero-order chi connectivity index (χ0) is 15.0. The lowest BCUT2D eigenvalue weighted by Crippen LogP contribution is -2.29. The average molecular weight is 288 g/mol. The number of likely N-dealkylation sites (tertiary alicyclic amines) is 1. The van der Waals surface area contributed by atoms with Gasteiger partial charge < -0.3 is 15.0 Å². The molecular formula is C17H24N2O2. The molecule has 1 saturated heterocycles. The molecule has 1 aromatic rings. The van der Waals surface area contributed by atoms with Crippen LogP contribution in [0.2, 0.25) is 0 Å². The predicted molar refractivity (Wildman–Crippen MR) is 82.8 cm³/mol. The molecule has 2 aliphatic heterocycles. The van der Waals surface area contributed by atoms with Gasteiger partial charge in [0.25, 0.3) is 5.91 Å². The Morgan fingerprint density at radius 1 is 1.38 bits per heavy atom. The first-order valence-electron chi connectivity index (χ1n) is 7.78. The van der Waals surface area contributed by atoms with Gasteiger partial charge in [-0.25, -0.2) is 0 Å². The van der Waals surface area contributed by atoms with Gasteiger partial charge in [0.15, 0.2) is 0 Å². The molecule has 2 heterocycles. The summed E-state index contributed by atoms with van der Waals surface area (Å²) in [5, 5.41) is 3.06. The van der Waals surface area contributed by atoms with Crippen molar-refractivity contribution < 1.29 is 9.53 Å². The number of hydrogen-bond acceptors (Lipinski definition) is 3. The molecule has 2 atom stereocenters. The molecule has 1 fully saturated rings. The number of nitrogens with one attached hydrogen (secondary N) is 1. The molecule has 0 bridgehead atoms. The summed E-state index contributed by atoms with van der Waals surface area (Å²) < 4.78 is 5.76. The van der Waals surface area contributed by atoms with Crippen LogP contribution < -0.4 is 10.1 Å². The fourth-order valence-corrected chi connectivity index (χ4v) is 3.37. The van der Waals surface area contributed by atoms with Crippen molar-refractivity contribution in [3.05, 3.63) is 29.3 Å². The monoisotopic (exact) mass is 288 g/mol. The van der Waals surface area contributed by atoms with E-state index in [1.807, 2.05) is 12.1 Å². The minimum Gasteiger partial charge on any atom is -0.493 e. The van der Waals surface area contributed by atoms with Gasteiger partial charge in [0.1, 0.15) is 5.75 Å². The molecule has 0 aliphatic carbocycles. The van der Waals surface area contributed by atoms with Crippen LogP contribution in [0.5, 0.6) is 5.75 Å². The van der Waals surface area contributed by atoms with Crippen molar-refractivity contribution in [1.82, 2.24) is 10.2 Å². The highest BCUT2D eigenvalue weighted by molar-refractivity contribution is 5.96. The molecule has 4 heteroatoms. The maximum atomic E-state index is 12.3. The highest BCUT2D eigenvalue weighted by atomic mass is 16.5. The molecule has 0 radical (unpaired) electrons. The lowest BCUT2D eigenvalue weighted by molar-refractivity contribution is 0.0951. The first kappa shape index (κ1) is 14.4. The second-order valence-corrected chi connectivity index (χ2v) is 6.75. The molecule has 0 unspecified atom stereocenters. The fourth-order valence-electron chi connectivity index (χ4n) is 3.37. The van der Waals surface area contributed by atoms with Crippen LogP contribution in [0.3, 0.4) is 0 Å². The zero-order valence-electron chi connectivity index (χ0n) is 13.1. The third kappa shape index (κ3) is 2.91. The van der Waals surface area contributed by atoms with Crippen LogP contribution in [0.1, 0.15) is 35.7 Å². The van der Waals surface area contributed by atoms with E-state index in [-0.39, 0.29) is 5.91 Å². The average Bonchev–Trinajstić information content (AvgIpc) is 2.77. The van der Waals surface area contributed by atoms with Gasteiger partial charge in [0.2, 0.25) is 0 Å². The van der Waals surface area contributed by atoms with E-state index in [1.165, 1.54) is 5.56 Å². The van der Waals surface area contributed by atoms with E-state index in [0.717, 1.165) is 30.9 Å². The van der Waals surface area contributed by atoms with E-state index in [4.69, 9.17) is 4.74 Å². The topological polar surface area (TPSA) is 41.6 Å². The molecule has 0 saturated carbocycles. The summed E-state index contributed by atoms with van der Waals surface area (Å²) in [6.45, 7) is 7.76. The molecular weight excluding hydrogens is 264 g/mol. The van der Waals surface area contributed by atoms with Crippen LogP contribution in [-0.2, 0) is 0 Å². The van der Waals surface area contributed by atoms with Gasteiger partial charge in [-0.05, 0) is 36.6 Å². The fraction of sp³-hybridized carbons (Fsp3) is 0.588. The Morgan fingerprint density at radius 3 is 2.95 bits per heavy atom. The SMILES string of the molecule is CC(C)COc1ccc2c(c1)C(=O)NC[C@@H]1CN(C)C[C@@H]21. The number of ether oxygens (including phenoxy) is 1. The summed E-state index contributed by atoms with van der Waals surface area (Å²) >= 11 is 0. The van der Waals surface area contributed by atoms with Crippen molar-refractivity contribution in [2.24, 2.45) is 11.8 Å². The summed E-state index contributed by atoms with van der Waals surface area (Å²) in [6.07, 6.45) is 0. The number of carbonyl (C=O) groups is 1. The summed E-state index contributed by atoms with van der Waals surface area (Å²) in [5.74, 6) is 2.27. The van der Waals surface area contributed by atoms with Crippen molar-refractivity contribution in [1.29, 1.82) is 0 Å². The summed E-state index contributed by atoms with van der Waals surface area (Å²) in [5.41, 5.74) is 1.97. The van der Waals surface area contributed by atoms with E-state index >= 15 is 0 Å². The summed E-state index contributed by atoms with van der Waals surface area (Å²) in [7, 11) is 2.15. The van der Waals surface area contributed by atoms with Gasteiger partial charge in [0, 0.05) is 31.1 Å². The maximum absolute atomic E-state index is 12.3. The molecule has 4 nitrogen and oxygen atoms in total. The van der Waals surface area contributed by atoms with Crippen LogP contribution in [0, 0.1) is 11.8 Å². The number of likely N-dealkylation sites (N-methyl/N-ethyl adjacent to an activating group) is 1. The normalized spacial score (nSPS) is 25.2. The largest absolute Gasteiger partial charge is 0.493 e. The molecule has 0 aromatic heterocycles. The van der Waals surface area contributed by atoms with Crippen LogP contribution >= 0.6 is 0 Å². The second kappa shape index (κ2) is 5.68. The highest BCUT2D eigenvalue weighted by Gasteiger charge is 2.36. The Bertz CT molecular complexity index is 542. The van der Waals surface area contributed by atoms with Crippen LogP contribution in [-0.4, -0.2) is 44.1 Å². The number of benzene rings is 1. The van der Waals surface area contributed by atoms with Crippen molar-refractivity contribution in [2.75, 3.05) is 33.3 Å². The van der Waals surface area contributed by atoms with Crippen molar-refractivity contribution in [2.45, 2.75) is 19.8 Å². The van der Waals surface area contributed by atoms with Crippen molar-refractivity contribution >= 4 is 5.91 Å². The molecule has 1 amide bonds. The third-order valence-corrected chi connectivity index (χ3v) is 4.40. The van der Waals surface area contributed by atoms with Gasteiger partial charge in [-0.3, -0.25) is 4.79 Å². The molecule has 1 N–H and O–H groups in total. The quantitative estimate of drug-likeness (QED) is 0.926. The Morgan fingerprint density at radius 2 is 2.19 bits per heavy atom. The van der Waals surface area contributed by atoms with Crippen LogP contribution in [0.25, 0.3) is 0 Å². The molecule has 1 aromatic carbocycles. The summed E-state index contributed by atoms with van der Waals surface area (Å²) in [6, 6.07) is 6.01. The van der Waals surface area contributed by atoms with E-state index in [0.29, 0.717) is 24.4 Å². The minimum absolute atomic E-state index is 0.0389. The summed E-state index contributed by atoms with van der Waals surface area (Å²) in [4.78, 5) is 14.7. The van der Waals surface area contributed by atoms with E-state index in [1.54, 1.807) is 0 Å².